The first-order valence-corrected chi connectivity index (χ1v) is 6.29. The summed E-state index contributed by atoms with van der Waals surface area (Å²) in [7, 11) is 0. The van der Waals surface area contributed by atoms with Crippen molar-refractivity contribution < 1.29 is 14.3 Å². The van der Waals surface area contributed by atoms with E-state index < -0.39 is 0 Å². The molecule has 0 aromatic heterocycles. The number of hydrogen-bond acceptors (Lipinski definition) is 3. The first-order chi connectivity index (χ1) is 7.68. The molecule has 0 unspecified atom stereocenters. The van der Waals surface area contributed by atoms with Gasteiger partial charge in [-0.1, -0.05) is 26.7 Å². The fourth-order valence-corrected chi connectivity index (χ4v) is 3.03. The van der Waals surface area contributed by atoms with Crippen LogP contribution in [-0.2, 0) is 9.47 Å². The molecule has 0 saturated carbocycles. The highest BCUT2D eigenvalue weighted by Gasteiger charge is 2.64. The molecule has 16 heavy (non-hydrogen) atoms. The second-order valence-corrected chi connectivity index (χ2v) is 5.51. The summed E-state index contributed by atoms with van der Waals surface area (Å²) in [6.45, 7) is 5.00. The van der Waals surface area contributed by atoms with Crippen molar-refractivity contribution in [1.82, 2.24) is 4.90 Å². The Balaban J connectivity index is 1.60. The maximum absolute atomic E-state index is 11.6. The number of amides is 1. The van der Waals surface area contributed by atoms with Gasteiger partial charge in [0, 0.05) is 0 Å². The molecule has 1 amide bonds. The minimum Gasteiger partial charge on any atom is -0.447 e. The van der Waals surface area contributed by atoms with E-state index in [1.807, 2.05) is 4.90 Å². The van der Waals surface area contributed by atoms with Gasteiger partial charge in [-0.3, -0.25) is 4.90 Å². The summed E-state index contributed by atoms with van der Waals surface area (Å²) in [5.74, 6) is 0.735. The second-order valence-electron chi connectivity index (χ2n) is 5.51. The summed E-state index contributed by atoms with van der Waals surface area (Å²) in [5.41, 5.74) is 0. The number of hydrogen-bond donors (Lipinski definition) is 0. The number of fused-ring (bicyclic) bond motifs is 3. The Morgan fingerprint density at radius 1 is 1.44 bits per heavy atom. The van der Waals surface area contributed by atoms with Gasteiger partial charge < -0.3 is 9.47 Å². The molecule has 3 heterocycles. The standard InChI is InChI=1S/C12H19NO3/c1-7(2)4-3-5-8-10-11(16-10)9-6-15-12(14)13(8)9/h7-11H,3-6H2,1-2H3/t8-,9-,10-,11+/m0/s1. The molecule has 0 aromatic carbocycles. The van der Waals surface area contributed by atoms with Crippen LogP contribution in [0.1, 0.15) is 33.1 Å². The fraction of sp³-hybridized carbons (Fsp3) is 0.917. The SMILES string of the molecule is CC(C)CCC[C@H]1[C@@H]2O[C@@H]2[C@@H]2COC(=O)N12. The van der Waals surface area contributed by atoms with Crippen molar-refractivity contribution in [2.24, 2.45) is 5.92 Å². The van der Waals surface area contributed by atoms with Crippen molar-refractivity contribution >= 4 is 6.09 Å². The largest absolute Gasteiger partial charge is 0.447 e. The topological polar surface area (TPSA) is 42.1 Å². The lowest BCUT2D eigenvalue weighted by atomic mass is 10.0. The van der Waals surface area contributed by atoms with Crippen LogP contribution in [0, 0.1) is 5.92 Å². The number of morpholine rings is 1. The Morgan fingerprint density at radius 3 is 3.00 bits per heavy atom. The number of epoxide rings is 1. The Morgan fingerprint density at radius 2 is 2.25 bits per heavy atom. The lowest BCUT2D eigenvalue weighted by Crippen LogP contribution is -2.40. The van der Waals surface area contributed by atoms with Crippen LogP contribution in [0.3, 0.4) is 0 Å². The minimum atomic E-state index is -0.129. The maximum Gasteiger partial charge on any atom is 0.410 e. The van der Waals surface area contributed by atoms with Crippen LogP contribution in [0.2, 0.25) is 0 Å². The molecule has 4 nitrogen and oxygen atoms in total. The average Bonchev–Trinajstić information content (AvgIpc) is 2.83. The molecule has 3 rings (SSSR count). The van der Waals surface area contributed by atoms with Gasteiger partial charge in [-0.15, -0.1) is 0 Å². The molecule has 3 aliphatic rings. The highest BCUT2D eigenvalue weighted by atomic mass is 16.6. The smallest absolute Gasteiger partial charge is 0.410 e. The van der Waals surface area contributed by atoms with Gasteiger partial charge in [-0.05, 0) is 12.3 Å². The van der Waals surface area contributed by atoms with Crippen molar-refractivity contribution in [3.8, 4) is 0 Å². The van der Waals surface area contributed by atoms with Crippen molar-refractivity contribution in [1.29, 1.82) is 0 Å². The van der Waals surface area contributed by atoms with Crippen LogP contribution >= 0.6 is 0 Å². The van der Waals surface area contributed by atoms with Gasteiger partial charge in [-0.25, -0.2) is 4.79 Å². The van der Waals surface area contributed by atoms with E-state index in [4.69, 9.17) is 9.47 Å². The molecule has 90 valence electrons. The van der Waals surface area contributed by atoms with Crippen molar-refractivity contribution in [3.63, 3.8) is 0 Å². The van der Waals surface area contributed by atoms with Gasteiger partial charge in [0.25, 0.3) is 0 Å². The van der Waals surface area contributed by atoms with E-state index in [0.717, 1.165) is 12.3 Å². The van der Waals surface area contributed by atoms with Crippen LogP contribution in [0.4, 0.5) is 4.79 Å². The molecule has 0 bridgehead atoms. The first kappa shape index (κ1) is 10.4. The number of rotatable bonds is 4. The van der Waals surface area contributed by atoms with Gasteiger partial charge in [0.05, 0.1) is 12.1 Å². The number of carbonyl (C=O) groups excluding carboxylic acids is 1. The lowest BCUT2D eigenvalue weighted by Gasteiger charge is -2.24. The van der Waals surface area contributed by atoms with E-state index in [2.05, 4.69) is 13.8 Å². The molecule has 4 heteroatoms. The highest BCUT2D eigenvalue weighted by molar-refractivity contribution is 5.72. The van der Waals surface area contributed by atoms with E-state index in [0.29, 0.717) is 12.7 Å². The van der Waals surface area contributed by atoms with Crippen LogP contribution < -0.4 is 0 Å². The average molecular weight is 225 g/mol. The molecule has 0 aliphatic carbocycles. The zero-order valence-electron chi connectivity index (χ0n) is 9.89. The van der Waals surface area contributed by atoms with Crippen LogP contribution in [0.25, 0.3) is 0 Å². The summed E-state index contributed by atoms with van der Waals surface area (Å²) in [6, 6.07) is 0.491. The minimum absolute atomic E-state index is 0.129. The van der Waals surface area contributed by atoms with Gasteiger partial charge >= 0.3 is 6.09 Å². The zero-order chi connectivity index (χ0) is 11.3. The Kier molecular flexibility index (Phi) is 2.35. The van der Waals surface area contributed by atoms with Crippen molar-refractivity contribution in [2.75, 3.05) is 6.61 Å². The quantitative estimate of drug-likeness (QED) is 0.685. The van der Waals surface area contributed by atoms with E-state index >= 15 is 0 Å². The fourth-order valence-electron chi connectivity index (χ4n) is 3.03. The maximum atomic E-state index is 11.6. The summed E-state index contributed by atoms with van der Waals surface area (Å²) in [4.78, 5) is 13.5. The van der Waals surface area contributed by atoms with E-state index in [1.165, 1.54) is 12.8 Å². The summed E-state index contributed by atoms with van der Waals surface area (Å²) in [5, 5.41) is 0. The second kappa shape index (κ2) is 3.62. The summed E-state index contributed by atoms with van der Waals surface area (Å²) < 4.78 is 10.7. The van der Waals surface area contributed by atoms with Crippen molar-refractivity contribution in [2.45, 2.75) is 57.4 Å². The molecule has 3 saturated heterocycles. The monoisotopic (exact) mass is 225 g/mol. The molecular weight excluding hydrogens is 206 g/mol. The van der Waals surface area contributed by atoms with Crippen LogP contribution in [0.5, 0.6) is 0 Å². The van der Waals surface area contributed by atoms with E-state index in [9.17, 15) is 4.79 Å². The zero-order valence-corrected chi connectivity index (χ0v) is 9.89. The highest BCUT2D eigenvalue weighted by Crippen LogP contribution is 2.45. The van der Waals surface area contributed by atoms with Gasteiger partial charge in [0.15, 0.2) is 0 Å². The third kappa shape index (κ3) is 1.51. The Labute approximate surface area is 95.9 Å². The lowest BCUT2D eigenvalue weighted by molar-refractivity contribution is 0.121. The third-order valence-electron chi connectivity index (χ3n) is 3.90. The van der Waals surface area contributed by atoms with Gasteiger partial charge in [0.2, 0.25) is 0 Å². The van der Waals surface area contributed by atoms with Crippen molar-refractivity contribution in [3.05, 3.63) is 0 Å². The molecule has 4 atom stereocenters. The normalized spacial score (nSPS) is 39.9. The summed E-state index contributed by atoms with van der Waals surface area (Å²) >= 11 is 0. The summed E-state index contributed by atoms with van der Waals surface area (Å²) in [6.07, 6.45) is 3.91. The number of cyclic esters (lactones) is 1. The first-order valence-electron chi connectivity index (χ1n) is 6.29. The molecule has 3 aliphatic heterocycles. The molecule has 0 radical (unpaired) electrons. The molecular formula is C12H19NO3. The van der Waals surface area contributed by atoms with E-state index in [-0.39, 0.29) is 24.3 Å². The van der Waals surface area contributed by atoms with Crippen LogP contribution in [-0.4, -0.2) is 41.9 Å². The van der Waals surface area contributed by atoms with E-state index in [1.54, 1.807) is 0 Å². The number of nitrogens with zero attached hydrogens (tertiary/aromatic N) is 1. The van der Waals surface area contributed by atoms with Gasteiger partial charge in [0.1, 0.15) is 18.8 Å². The van der Waals surface area contributed by atoms with Crippen LogP contribution in [0.15, 0.2) is 0 Å². The predicted molar refractivity (Wildman–Crippen MR) is 58.1 cm³/mol. The number of ether oxygens (including phenoxy) is 2. The van der Waals surface area contributed by atoms with Gasteiger partial charge in [-0.2, -0.15) is 0 Å². The Hall–Kier alpha value is -0.770. The number of carbonyl (C=O) groups is 1. The molecule has 0 aromatic rings. The Bertz CT molecular complexity index is 305. The third-order valence-corrected chi connectivity index (χ3v) is 3.90. The molecule has 0 spiro atoms. The molecule has 3 fully saturated rings. The predicted octanol–water partition coefficient (Wildman–Crippen LogP) is 1.78. The molecule has 0 N–H and O–H groups in total.